The highest BCUT2D eigenvalue weighted by Crippen LogP contribution is 2.23. The summed E-state index contributed by atoms with van der Waals surface area (Å²) in [5.74, 6) is 0.878. The molecule has 2 N–H and O–H groups in total. The standard InChI is InChI=1S/C20H22N2O3/c1-25-17-4-2-3-14(12-17)9-10-21-20(24)13-15-5-7-18-16(11-15)6-8-19(23)22-18/h2-5,7,11-12H,6,8-10,13H2,1H3,(H,21,24)(H,22,23). The van der Waals surface area contributed by atoms with Crippen LogP contribution in [0.5, 0.6) is 5.75 Å². The highest BCUT2D eigenvalue weighted by Gasteiger charge is 2.15. The lowest BCUT2D eigenvalue weighted by Crippen LogP contribution is -2.27. The van der Waals surface area contributed by atoms with E-state index in [2.05, 4.69) is 10.6 Å². The van der Waals surface area contributed by atoms with E-state index in [-0.39, 0.29) is 11.8 Å². The number of aryl methyl sites for hydroxylation is 1. The molecule has 25 heavy (non-hydrogen) atoms. The van der Waals surface area contributed by atoms with Crippen LogP contribution in [0.15, 0.2) is 42.5 Å². The quantitative estimate of drug-likeness (QED) is 0.850. The lowest BCUT2D eigenvalue weighted by atomic mass is 9.99. The minimum absolute atomic E-state index is 0.00249. The Balaban J connectivity index is 1.50. The number of methoxy groups -OCH3 is 1. The Labute approximate surface area is 147 Å². The third kappa shape index (κ3) is 4.59. The first-order valence-corrected chi connectivity index (χ1v) is 8.45. The molecule has 2 amide bonds. The van der Waals surface area contributed by atoms with Crippen molar-refractivity contribution in [2.24, 2.45) is 0 Å². The fourth-order valence-corrected chi connectivity index (χ4v) is 2.97. The Morgan fingerprint density at radius 2 is 2.04 bits per heavy atom. The average molecular weight is 338 g/mol. The van der Waals surface area contributed by atoms with E-state index in [1.807, 2.05) is 42.5 Å². The van der Waals surface area contributed by atoms with E-state index < -0.39 is 0 Å². The topological polar surface area (TPSA) is 67.4 Å². The number of ether oxygens (including phenoxy) is 1. The Kier molecular flexibility index (Phi) is 5.33. The molecule has 130 valence electrons. The van der Waals surface area contributed by atoms with Crippen LogP contribution in [0, 0.1) is 0 Å². The van der Waals surface area contributed by atoms with Gasteiger partial charge in [0.1, 0.15) is 5.75 Å². The second-order valence-corrected chi connectivity index (χ2v) is 6.17. The number of benzene rings is 2. The minimum atomic E-state index is 0.00249. The molecule has 0 bridgehead atoms. The van der Waals surface area contributed by atoms with Gasteiger partial charge in [-0.15, -0.1) is 0 Å². The first kappa shape index (κ1) is 17.0. The van der Waals surface area contributed by atoms with Crippen molar-refractivity contribution in [2.45, 2.75) is 25.7 Å². The SMILES string of the molecule is COc1cccc(CCNC(=O)Cc2ccc3c(c2)CCC(=O)N3)c1. The van der Waals surface area contributed by atoms with Gasteiger partial charge in [-0.3, -0.25) is 9.59 Å². The molecule has 0 radical (unpaired) electrons. The lowest BCUT2D eigenvalue weighted by molar-refractivity contribution is -0.120. The van der Waals surface area contributed by atoms with Crippen LogP contribution in [0.2, 0.25) is 0 Å². The van der Waals surface area contributed by atoms with Crippen molar-refractivity contribution in [1.82, 2.24) is 5.32 Å². The van der Waals surface area contributed by atoms with Crippen LogP contribution < -0.4 is 15.4 Å². The van der Waals surface area contributed by atoms with Gasteiger partial charge in [0.25, 0.3) is 0 Å². The highest BCUT2D eigenvalue weighted by atomic mass is 16.5. The second-order valence-electron chi connectivity index (χ2n) is 6.17. The zero-order valence-corrected chi connectivity index (χ0v) is 14.3. The number of fused-ring (bicyclic) bond motifs is 1. The van der Waals surface area contributed by atoms with Crippen molar-refractivity contribution in [2.75, 3.05) is 19.0 Å². The summed E-state index contributed by atoms with van der Waals surface area (Å²) in [6.07, 6.45) is 2.34. The maximum Gasteiger partial charge on any atom is 0.224 e. The first-order valence-electron chi connectivity index (χ1n) is 8.45. The molecule has 2 aromatic carbocycles. The third-order valence-electron chi connectivity index (χ3n) is 4.30. The summed E-state index contributed by atoms with van der Waals surface area (Å²) in [4.78, 5) is 23.5. The molecule has 1 heterocycles. The van der Waals surface area contributed by atoms with E-state index in [1.54, 1.807) is 7.11 Å². The maximum absolute atomic E-state index is 12.1. The molecule has 1 aliphatic heterocycles. The van der Waals surface area contributed by atoms with Crippen LogP contribution >= 0.6 is 0 Å². The molecule has 2 aromatic rings. The van der Waals surface area contributed by atoms with Gasteiger partial charge < -0.3 is 15.4 Å². The summed E-state index contributed by atoms with van der Waals surface area (Å²) < 4.78 is 5.20. The first-order chi connectivity index (χ1) is 12.1. The molecule has 3 rings (SSSR count). The Hall–Kier alpha value is -2.82. The number of nitrogens with one attached hydrogen (secondary N) is 2. The molecule has 0 fully saturated rings. The van der Waals surface area contributed by atoms with Crippen molar-refractivity contribution in [3.8, 4) is 5.75 Å². The van der Waals surface area contributed by atoms with E-state index in [4.69, 9.17) is 4.74 Å². The molecule has 0 unspecified atom stereocenters. The zero-order valence-electron chi connectivity index (χ0n) is 14.3. The van der Waals surface area contributed by atoms with Gasteiger partial charge in [0.15, 0.2) is 0 Å². The highest BCUT2D eigenvalue weighted by molar-refractivity contribution is 5.94. The van der Waals surface area contributed by atoms with Crippen molar-refractivity contribution >= 4 is 17.5 Å². The normalized spacial score (nSPS) is 12.9. The van der Waals surface area contributed by atoms with Crippen LogP contribution in [0.1, 0.15) is 23.1 Å². The number of rotatable bonds is 6. The van der Waals surface area contributed by atoms with Crippen molar-refractivity contribution in [1.29, 1.82) is 0 Å². The monoisotopic (exact) mass is 338 g/mol. The lowest BCUT2D eigenvalue weighted by Gasteiger charge is -2.17. The molecule has 0 saturated carbocycles. The molecule has 0 spiro atoms. The minimum Gasteiger partial charge on any atom is -0.497 e. The number of carbonyl (C=O) groups is 2. The Morgan fingerprint density at radius 3 is 2.88 bits per heavy atom. The Morgan fingerprint density at radius 1 is 1.16 bits per heavy atom. The van der Waals surface area contributed by atoms with E-state index in [9.17, 15) is 9.59 Å². The predicted octanol–water partition coefficient (Wildman–Crippen LogP) is 2.48. The number of amides is 2. The predicted molar refractivity (Wildman–Crippen MR) is 96.8 cm³/mol. The third-order valence-corrected chi connectivity index (χ3v) is 4.30. The number of hydrogen-bond donors (Lipinski definition) is 2. The van der Waals surface area contributed by atoms with Crippen LogP contribution in [0.4, 0.5) is 5.69 Å². The van der Waals surface area contributed by atoms with Gasteiger partial charge in [-0.1, -0.05) is 24.3 Å². The number of carbonyl (C=O) groups excluding carboxylic acids is 2. The second kappa shape index (κ2) is 7.83. The molecule has 0 aliphatic carbocycles. The van der Waals surface area contributed by atoms with Gasteiger partial charge in [-0.2, -0.15) is 0 Å². The van der Waals surface area contributed by atoms with Crippen molar-refractivity contribution < 1.29 is 14.3 Å². The smallest absolute Gasteiger partial charge is 0.224 e. The van der Waals surface area contributed by atoms with Crippen LogP contribution in [-0.4, -0.2) is 25.5 Å². The van der Waals surface area contributed by atoms with Crippen LogP contribution in [-0.2, 0) is 28.9 Å². The largest absolute Gasteiger partial charge is 0.497 e. The van der Waals surface area contributed by atoms with Crippen LogP contribution in [0.3, 0.4) is 0 Å². The fraction of sp³-hybridized carbons (Fsp3) is 0.300. The summed E-state index contributed by atoms with van der Waals surface area (Å²) in [6.45, 7) is 0.590. The van der Waals surface area contributed by atoms with E-state index in [0.717, 1.165) is 41.0 Å². The van der Waals surface area contributed by atoms with Gasteiger partial charge in [0, 0.05) is 18.7 Å². The van der Waals surface area contributed by atoms with E-state index in [1.165, 1.54) is 0 Å². The molecular formula is C20H22N2O3. The average Bonchev–Trinajstić information content (AvgIpc) is 2.62. The van der Waals surface area contributed by atoms with Crippen molar-refractivity contribution in [3.05, 3.63) is 59.2 Å². The molecule has 0 atom stereocenters. The summed E-state index contributed by atoms with van der Waals surface area (Å²) in [7, 11) is 1.64. The molecular weight excluding hydrogens is 316 g/mol. The number of anilines is 1. The molecule has 0 saturated heterocycles. The van der Waals surface area contributed by atoms with Crippen molar-refractivity contribution in [3.63, 3.8) is 0 Å². The maximum atomic E-state index is 12.1. The molecule has 5 nitrogen and oxygen atoms in total. The van der Waals surface area contributed by atoms with Gasteiger partial charge in [-0.25, -0.2) is 0 Å². The van der Waals surface area contributed by atoms with E-state index >= 15 is 0 Å². The van der Waals surface area contributed by atoms with Crippen LogP contribution in [0.25, 0.3) is 0 Å². The van der Waals surface area contributed by atoms with Gasteiger partial charge in [-0.05, 0) is 47.7 Å². The summed E-state index contributed by atoms with van der Waals surface area (Å²) in [5.41, 5.74) is 4.05. The summed E-state index contributed by atoms with van der Waals surface area (Å²) >= 11 is 0. The number of hydrogen-bond acceptors (Lipinski definition) is 3. The zero-order chi connectivity index (χ0) is 17.6. The van der Waals surface area contributed by atoms with Gasteiger partial charge >= 0.3 is 0 Å². The summed E-state index contributed by atoms with van der Waals surface area (Å²) in [5, 5.41) is 5.81. The van der Waals surface area contributed by atoms with Gasteiger partial charge in [0.05, 0.1) is 13.5 Å². The summed E-state index contributed by atoms with van der Waals surface area (Å²) in [6, 6.07) is 13.6. The molecule has 1 aliphatic rings. The van der Waals surface area contributed by atoms with E-state index in [0.29, 0.717) is 19.4 Å². The molecule has 5 heteroatoms. The fourth-order valence-electron chi connectivity index (χ4n) is 2.97. The Bertz CT molecular complexity index is 786. The molecule has 0 aromatic heterocycles. The van der Waals surface area contributed by atoms with Gasteiger partial charge in [0.2, 0.25) is 11.8 Å².